The van der Waals surface area contributed by atoms with E-state index in [2.05, 4.69) is 366 Å². The summed E-state index contributed by atoms with van der Waals surface area (Å²) >= 11 is 1.89. The van der Waals surface area contributed by atoms with Crippen LogP contribution in [0.2, 0.25) is 0 Å². The van der Waals surface area contributed by atoms with Gasteiger partial charge in [-0.25, -0.2) is 0 Å². The van der Waals surface area contributed by atoms with Gasteiger partial charge in [0.1, 0.15) is 11.2 Å². The summed E-state index contributed by atoms with van der Waals surface area (Å²) in [6.07, 6.45) is 0. The Morgan fingerprint density at radius 1 is 0.303 bits per heavy atom. The second-order valence-corrected chi connectivity index (χ2v) is 32.7. The van der Waals surface area contributed by atoms with Crippen LogP contribution >= 0.6 is 11.3 Å². The van der Waals surface area contributed by atoms with Crippen LogP contribution in [0.1, 0.15) is 128 Å². The van der Waals surface area contributed by atoms with Gasteiger partial charge in [0.25, 0.3) is 0 Å². The zero-order chi connectivity index (χ0) is 68.0. The fourth-order valence-corrected chi connectivity index (χ4v) is 17.0. The molecular weight excluding hydrogens is 1220 g/mol. The van der Waals surface area contributed by atoms with Crippen molar-refractivity contribution in [2.24, 2.45) is 0 Å². The average molecular weight is 1300 g/mol. The summed E-state index contributed by atoms with van der Waals surface area (Å²) in [4.78, 5) is 5.48. The fourth-order valence-electron chi connectivity index (χ4n) is 15.8. The third kappa shape index (κ3) is 10.4. The molecule has 0 amide bonds. The molecule has 0 spiro atoms. The van der Waals surface area contributed by atoms with Crippen molar-refractivity contribution in [1.82, 2.24) is 0 Å². The molecule has 0 fully saturated rings. The third-order valence-corrected chi connectivity index (χ3v) is 22.1. The number of nitrogens with zero attached hydrogens (tertiary/aromatic N) is 2. The van der Waals surface area contributed by atoms with E-state index in [1.165, 1.54) is 104 Å². The van der Waals surface area contributed by atoms with Crippen LogP contribution in [0.15, 0.2) is 277 Å². The molecular formula is C95H82N2OS. The molecule has 0 saturated carbocycles. The van der Waals surface area contributed by atoms with Crippen molar-refractivity contribution in [3.63, 3.8) is 0 Å². The Labute approximate surface area is 587 Å². The predicted octanol–water partition coefficient (Wildman–Crippen LogP) is 27.9. The lowest BCUT2D eigenvalue weighted by atomic mass is 9.72. The van der Waals surface area contributed by atoms with Crippen molar-refractivity contribution in [3.8, 4) is 66.8 Å². The van der Waals surface area contributed by atoms with Gasteiger partial charge in [-0.05, 0) is 143 Å². The minimum absolute atomic E-state index is 0.0878. The molecule has 0 aliphatic carbocycles. The molecule has 1 atom stereocenters. The van der Waals surface area contributed by atoms with Crippen molar-refractivity contribution < 1.29 is 4.42 Å². The smallest absolute Gasteiger partial charge is 0.143 e. The number of fused-ring (bicyclic) bond motifs is 10. The maximum atomic E-state index is 7.46. The van der Waals surface area contributed by atoms with Crippen molar-refractivity contribution in [1.29, 1.82) is 0 Å². The number of furan rings is 1. The summed E-state index contributed by atoms with van der Waals surface area (Å²) in [6, 6.07) is 104. The molecule has 4 heterocycles. The number of anilines is 6. The molecule has 0 radical (unpaired) electrons. The molecule has 484 valence electrons. The largest absolute Gasteiger partial charge is 0.455 e. The van der Waals surface area contributed by atoms with Gasteiger partial charge in [-0.2, -0.15) is 0 Å². The van der Waals surface area contributed by atoms with Crippen LogP contribution in [0.4, 0.5) is 34.1 Å². The van der Waals surface area contributed by atoms with Gasteiger partial charge in [0.2, 0.25) is 0 Å². The van der Waals surface area contributed by atoms with Gasteiger partial charge in [0, 0.05) is 70.2 Å². The monoisotopic (exact) mass is 1300 g/mol. The Morgan fingerprint density at radius 2 is 0.768 bits per heavy atom. The second-order valence-electron chi connectivity index (χ2n) is 31.6. The fraction of sp³-hybridized carbons (Fsp3) is 0.179. The highest BCUT2D eigenvalue weighted by atomic mass is 32.1. The van der Waals surface area contributed by atoms with E-state index in [9.17, 15) is 0 Å². The first-order valence-electron chi connectivity index (χ1n) is 35.2. The van der Waals surface area contributed by atoms with Crippen LogP contribution in [0.25, 0.3) is 109 Å². The SMILES string of the molecule is CC(C)(C)c1cc(-c2ccc3c(c2)C2c4ccc(C(C)(C)C)cc4N(c4c(-c5ccccc5)cc5oc6c(-c7ccccc7)cccc6c5c4-c4ccccc4)c4cc(C(C)(C)C)cc(c42)N3c2c(-c3ccccc3)cc3sc4ccccc4c3c2-c2ccccc2)cc(C(C)(C)C)c1. The highest BCUT2D eigenvalue weighted by Gasteiger charge is 2.45. The molecule has 3 nitrogen and oxygen atoms in total. The molecule has 0 bridgehead atoms. The minimum atomic E-state index is -0.319. The van der Waals surface area contributed by atoms with Gasteiger partial charge in [0.05, 0.1) is 34.1 Å². The van der Waals surface area contributed by atoms with Crippen molar-refractivity contribution >= 4 is 87.6 Å². The molecule has 99 heavy (non-hydrogen) atoms. The van der Waals surface area contributed by atoms with Crippen molar-refractivity contribution in [2.45, 2.75) is 111 Å². The highest BCUT2D eigenvalue weighted by Crippen LogP contribution is 2.66. The van der Waals surface area contributed by atoms with Crippen LogP contribution in [0.3, 0.4) is 0 Å². The quantitative estimate of drug-likeness (QED) is 0.151. The first-order chi connectivity index (χ1) is 47.7. The molecule has 2 aromatic heterocycles. The molecule has 0 saturated heterocycles. The number of benzene rings is 13. The Kier molecular flexibility index (Phi) is 14.4. The van der Waals surface area contributed by atoms with E-state index in [-0.39, 0.29) is 27.6 Å². The highest BCUT2D eigenvalue weighted by molar-refractivity contribution is 7.26. The van der Waals surface area contributed by atoms with E-state index in [0.717, 1.165) is 77.9 Å². The van der Waals surface area contributed by atoms with E-state index >= 15 is 0 Å². The molecule has 4 heteroatoms. The lowest BCUT2D eigenvalue weighted by Gasteiger charge is -2.47. The van der Waals surface area contributed by atoms with E-state index in [1.807, 2.05) is 11.3 Å². The van der Waals surface area contributed by atoms with Gasteiger partial charge >= 0.3 is 0 Å². The number of para-hydroxylation sites is 1. The van der Waals surface area contributed by atoms with E-state index in [0.29, 0.717) is 0 Å². The predicted molar refractivity (Wildman–Crippen MR) is 424 cm³/mol. The molecule has 2 aliphatic heterocycles. The van der Waals surface area contributed by atoms with Crippen LogP contribution < -0.4 is 9.80 Å². The van der Waals surface area contributed by atoms with Crippen LogP contribution in [0, 0.1) is 0 Å². The summed E-state index contributed by atoms with van der Waals surface area (Å²) < 4.78 is 9.99. The summed E-state index contributed by atoms with van der Waals surface area (Å²) in [6.45, 7) is 28.4. The lowest BCUT2D eigenvalue weighted by molar-refractivity contribution is 0.569. The van der Waals surface area contributed by atoms with Gasteiger partial charge in [0.15, 0.2) is 0 Å². The van der Waals surface area contributed by atoms with Crippen molar-refractivity contribution in [2.75, 3.05) is 9.80 Å². The maximum absolute atomic E-state index is 7.46. The first-order valence-corrected chi connectivity index (χ1v) is 36.0. The number of thiophene rings is 1. The van der Waals surface area contributed by atoms with Crippen LogP contribution in [-0.4, -0.2) is 0 Å². The van der Waals surface area contributed by atoms with Gasteiger partial charge in [-0.1, -0.05) is 308 Å². The Bertz CT molecular complexity index is 5660. The van der Waals surface area contributed by atoms with Crippen molar-refractivity contribution in [3.05, 3.63) is 312 Å². The standard InChI is InChI=1S/C95H82N2OS/c1-92(2,3)65-46-47-70-77(53-65)97(89-73(59-33-20-14-21-34-59)56-80-86(83(89)61-37-24-16-25-38-61)72-43-30-42-69(91(72)98-80)58-31-18-13-19-32-58)79-55-68(95(10,11)12)54-78-88(79)85(70)75-51-63(64-49-66(93(4,5)6)52-67(50-64)94(7,8)9)45-48-76(75)96(78)90-74(60-35-22-15-23-36-60)57-82-87(71-41-28-29-44-81(71)99-82)84(90)62-39-26-17-27-40-62/h13-57,85H,1-12H3. The summed E-state index contributed by atoms with van der Waals surface area (Å²) in [5.41, 5.74) is 30.6. The van der Waals surface area contributed by atoms with E-state index < -0.39 is 0 Å². The van der Waals surface area contributed by atoms with Gasteiger partial charge < -0.3 is 14.2 Å². The zero-order valence-corrected chi connectivity index (χ0v) is 59.6. The lowest BCUT2D eigenvalue weighted by Crippen LogP contribution is -2.31. The molecule has 15 aromatic rings. The summed E-state index contributed by atoms with van der Waals surface area (Å²) in [5.74, 6) is -0.221. The number of hydrogen-bond acceptors (Lipinski definition) is 4. The maximum Gasteiger partial charge on any atom is 0.143 e. The van der Waals surface area contributed by atoms with E-state index in [1.54, 1.807) is 0 Å². The first kappa shape index (κ1) is 62.0. The van der Waals surface area contributed by atoms with E-state index in [4.69, 9.17) is 4.42 Å². The normalized spacial score (nSPS) is 13.9. The van der Waals surface area contributed by atoms with Crippen LogP contribution in [-0.2, 0) is 21.7 Å². The Hall–Kier alpha value is -10.5. The topological polar surface area (TPSA) is 19.6 Å². The number of hydrogen-bond donors (Lipinski definition) is 0. The summed E-state index contributed by atoms with van der Waals surface area (Å²) in [7, 11) is 0. The molecule has 1 unspecified atom stereocenters. The third-order valence-electron chi connectivity index (χ3n) is 21.0. The molecule has 13 aromatic carbocycles. The average Bonchev–Trinajstić information content (AvgIpc) is 1.67. The molecule has 2 aliphatic rings. The Balaban J connectivity index is 1.08. The minimum Gasteiger partial charge on any atom is -0.455 e. The number of rotatable bonds is 8. The Morgan fingerprint density at radius 3 is 1.32 bits per heavy atom. The molecule has 17 rings (SSSR count). The zero-order valence-electron chi connectivity index (χ0n) is 58.8. The van der Waals surface area contributed by atoms with Gasteiger partial charge in [-0.15, -0.1) is 11.3 Å². The second kappa shape index (κ2) is 23.0. The summed E-state index contributed by atoms with van der Waals surface area (Å²) in [5, 5.41) is 4.69. The molecule has 0 N–H and O–H groups in total. The van der Waals surface area contributed by atoms with Gasteiger partial charge in [-0.3, -0.25) is 0 Å². The van der Waals surface area contributed by atoms with Crippen LogP contribution in [0.5, 0.6) is 0 Å².